The number of hydrogen-bond acceptors (Lipinski definition) is 12. The SMILES string of the molecule is CCCCCN(C)C(=O)OC(C)(C)C.CN(C)C(=O)OC(C)(C)C.CN(CC1=NN(CC2CCCC2)C(=O)C1)C(=O)OC(C)(C)C.O=C=O.O=C=O. The highest BCUT2D eigenvalue weighted by Gasteiger charge is 2.29. The van der Waals surface area contributed by atoms with Gasteiger partial charge in [-0.2, -0.15) is 24.3 Å². The molecule has 2 rings (SSSR count). The van der Waals surface area contributed by atoms with Gasteiger partial charge in [0.25, 0.3) is 0 Å². The Balaban J connectivity index is -0.000000688. The average molecular weight is 744 g/mol. The fourth-order valence-corrected chi connectivity index (χ4v) is 4.26. The third-order valence-electron chi connectivity index (χ3n) is 6.50. The monoisotopic (exact) mass is 743 g/mol. The van der Waals surface area contributed by atoms with Gasteiger partial charge in [-0.3, -0.25) is 4.79 Å². The molecule has 0 N–H and O–H groups in total. The Labute approximate surface area is 310 Å². The zero-order valence-corrected chi connectivity index (χ0v) is 34.1. The number of nitrogens with zero attached hydrogens (tertiary/aromatic N) is 5. The van der Waals surface area contributed by atoms with Crippen LogP contribution in [0.25, 0.3) is 0 Å². The van der Waals surface area contributed by atoms with E-state index in [4.69, 9.17) is 33.4 Å². The lowest BCUT2D eigenvalue weighted by Crippen LogP contribution is -2.37. The van der Waals surface area contributed by atoms with Gasteiger partial charge in [-0.15, -0.1) is 0 Å². The first-order valence-electron chi connectivity index (χ1n) is 17.4. The van der Waals surface area contributed by atoms with Crippen molar-refractivity contribution in [1.29, 1.82) is 0 Å². The third-order valence-corrected chi connectivity index (χ3v) is 6.50. The maximum atomic E-state index is 12.0. The minimum absolute atomic E-state index is 0.0412. The Bertz CT molecular complexity index is 1150. The van der Waals surface area contributed by atoms with Crippen LogP contribution in [-0.2, 0) is 38.2 Å². The molecule has 4 amide bonds. The Morgan fingerprint density at radius 1 is 0.731 bits per heavy atom. The lowest BCUT2D eigenvalue weighted by atomic mass is 10.1. The number of hydrazone groups is 1. The van der Waals surface area contributed by atoms with Gasteiger partial charge in [-0.05, 0) is 87.5 Å². The number of amides is 4. The summed E-state index contributed by atoms with van der Waals surface area (Å²) in [4.78, 5) is 83.3. The maximum Gasteiger partial charge on any atom is 0.410 e. The van der Waals surface area contributed by atoms with Gasteiger partial charge in [-0.25, -0.2) is 19.4 Å². The topological polar surface area (TPSA) is 190 Å². The fraction of sp³-hybridized carbons (Fsp3) is 0.806. The van der Waals surface area contributed by atoms with E-state index in [2.05, 4.69) is 12.0 Å². The van der Waals surface area contributed by atoms with Crippen molar-refractivity contribution in [3.63, 3.8) is 0 Å². The Kier molecular flexibility index (Phi) is 26.5. The van der Waals surface area contributed by atoms with E-state index in [0.717, 1.165) is 31.6 Å². The minimum atomic E-state index is -0.521. The largest absolute Gasteiger partial charge is 0.444 e. The zero-order chi connectivity index (χ0) is 41.3. The molecule has 1 heterocycles. The molecule has 0 saturated heterocycles. The van der Waals surface area contributed by atoms with Crippen molar-refractivity contribution >= 4 is 42.2 Å². The van der Waals surface area contributed by atoms with Crippen molar-refractivity contribution < 1.29 is 52.6 Å². The Hall–Kier alpha value is -4.29. The molecule has 16 nitrogen and oxygen atoms in total. The highest BCUT2D eigenvalue weighted by molar-refractivity contribution is 6.06. The average Bonchev–Trinajstić information content (AvgIpc) is 3.61. The molecule has 0 aromatic carbocycles. The third kappa shape index (κ3) is 30.5. The van der Waals surface area contributed by atoms with Gasteiger partial charge in [0.05, 0.1) is 18.7 Å². The van der Waals surface area contributed by atoms with E-state index in [1.54, 1.807) is 38.1 Å². The molecule has 1 aliphatic heterocycles. The van der Waals surface area contributed by atoms with Crippen molar-refractivity contribution in [2.24, 2.45) is 11.0 Å². The first-order valence-corrected chi connectivity index (χ1v) is 17.4. The van der Waals surface area contributed by atoms with Crippen LogP contribution in [0.4, 0.5) is 14.4 Å². The van der Waals surface area contributed by atoms with Crippen molar-refractivity contribution in [2.75, 3.05) is 47.8 Å². The van der Waals surface area contributed by atoms with Crippen molar-refractivity contribution in [1.82, 2.24) is 19.7 Å². The van der Waals surface area contributed by atoms with Crippen LogP contribution >= 0.6 is 0 Å². The van der Waals surface area contributed by atoms with Crippen molar-refractivity contribution in [3.8, 4) is 0 Å². The second-order valence-corrected chi connectivity index (χ2v) is 15.5. The van der Waals surface area contributed by atoms with Gasteiger partial charge in [0, 0.05) is 41.3 Å². The summed E-state index contributed by atoms with van der Waals surface area (Å²) in [5, 5.41) is 5.99. The predicted molar refractivity (Wildman–Crippen MR) is 193 cm³/mol. The van der Waals surface area contributed by atoms with Crippen LogP contribution in [0.5, 0.6) is 0 Å². The molecular weight excluding hydrogens is 678 g/mol. The van der Waals surface area contributed by atoms with Crippen LogP contribution < -0.4 is 0 Å². The van der Waals surface area contributed by atoms with Crippen molar-refractivity contribution in [2.45, 2.75) is 137 Å². The number of carbonyl (C=O) groups excluding carboxylic acids is 8. The smallest absolute Gasteiger partial charge is 0.410 e. The van der Waals surface area contributed by atoms with E-state index in [9.17, 15) is 19.2 Å². The molecule has 0 bridgehead atoms. The Morgan fingerprint density at radius 2 is 1.13 bits per heavy atom. The molecule has 300 valence electrons. The van der Waals surface area contributed by atoms with Crippen LogP contribution in [0, 0.1) is 5.92 Å². The van der Waals surface area contributed by atoms with Crippen LogP contribution in [0.15, 0.2) is 5.10 Å². The molecule has 0 spiro atoms. The van der Waals surface area contributed by atoms with E-state index in [1.165, 1.54) is 41.9 Å². The molecule has 1 fully saturated rings. The number of rotatable bonds is 8. The van der Waals surface area contributed by atoms with E-state index in [1.807, 2.05) is 62.3 Å². The summed E-state index contributed by atoms with van der Waals surface area (Å²) in [6, 6.07) is 0. The summed E-state index contributed by atoms with van der Waals surface area (Å²) in [6.45, 7) is 20.6. The lowest BCUT2D eigenvalue weighted by molar-refractivity contribution is -0.193. The quantitative estimate of drug-likeness (QED) is 0.210. The first kappa shape index (κ1) is 52.1. The Morgan fingerprint density at radius 3 is 1.50 bits per heavy atom. The van der Waals surface area contributed by atoms with Crippen LogP contribution in [-0.4, -0.2) is 127 Å². The van der Waals surface area contributed by atoms with E-state index in [0.29, 0.717) is 18.9 Å². The van der Waals surface area contributed by atoms with Gasteiger partial charge in [0.1, 0.15) is 16.8 Å². The van der Waals surface area contributed by atoms with Crippen molar-refractivity contribution in [3.05, 3.63) is 0 Å². The summed E-state index contributed by atoms with van der Waals surface area (Å²) in [6.07, 6.45) is 8.15. The number of hydrogen-bond donors (Lipinski definition) is 0. The molecule has 0 radical (unpaired) electrons. The van der Waals surface area contributed by atoms with E-state index < -0.39 is 17.3 Å². The molecule has 1 saturated carbocycles. The summed E-state index contributed by atoms with van der Waals surface area (Å²) in [5.41, 5.74) is -0.568. The predicted octanol–water partition coefficient (Wildman–Crippen LogP) is 5.99. The second kappa shape index (κ2) is 26.5. The van der Waals surface area contributed by atoms with E-state index >= 15 is 0 Å². The molecule has 0 atom stereocenters. The summed E-state index contributed by atoms with van der Waals surface area (Å²) in [5.74, 6) is 0.620. The van der Waals surface area contributed by atoms with Crippen LogP contribution in [0.3, 0.4) is 0 Å². The zero-order valence-electron chi connectivity index (χ0n) is 34.1. The van der Waals surface area contributed by atoms with Crippen LogP contribution in [0.2, 0.25) is 0 Å². The fourth-order valence-electron chi connectivity index (χ4n) is 4.26. The highest BCUT2D eigenvalue weighted by atomic mass is 16.6. The molecule has 2 aliphatic rings. The maximum absolute atomic E-state index is 12.0. The summed E-state index contributed by atoms with van der Waals surface area (Å²) < 4.78 is 15.5. The van der Waals surface area contributed by atoms with E-state index in [-0.39, 0.29) is 36.0 Å². The molecular formula is C36H65N5O11. The minimum Gasteiger partial charge on any atom is -0.444 e. The normalized spacial score (nSPS) is 13.7. The van der Waals surface area contributed by atoms with Gasteiger partial charge >= 0.3 is 30.6 Å². The molecule has 52 heavy (non-hydrogen) atoms. The number of carbonyl (C=O) groups is 4. The molecule has 1 aliphatic carbocycles. The summed E-state index contributed by atoms with van der Waals surface area (Å²) >= 11 is 0. The number of unbranched alkanes of at least 4 members (excludes halogenated alkanes) is 2. The second-order valence-electron chi connectivity index (χ2n) is 15.5. The molecule has 0 aromatic heterocycles. The molecule has 0 aromatic rings. The van der Waals surface area contributed by atoms with Gasteiger partial charge in [0.15, 0.2) is 0 Å². The van der Waals surface area contributed by atoms with Gasteiger partial charge < -0.3 is 28.9 Å². The van der Waals surface area contributed by atoms with Gasteiger partial charge in [-0.1, -0.05) is 32.6 Å². The summed E-state index contributed by atoms with van der Waals surface area (Å²) in [7, 11) is 6.77. The first-order chi connectivity index (χ1) is 23.8. The molecule has 0 unspecified atom stereocenters. The highest BCUT2D eigenvalue weighted by Crippen LogP contribution is 2.27. The molecule has 16 heteroatoms. The van der Waals surface area contributed by atoms with Crippen LogP contribution in [0.1, 0.15) is 121 Å². The lowest BCUT2D eigenvalue weighted by Gasteiger charge is -2.24. The van der Waals surface area contributed by atoms with Gasteiger partial charge in [0.2, 0.25) is 5.91 Å². The standard InChI is InChI=1S/C16H27N3O3.C11H23NO2.C7H15NO2.2CO2/c1-16(2,3)22-15(21)18(4)11-13-9-14(20)19(17-13)10-12-7-5-6-8-12;1-6-7-8-9-12(5)10(13)14-11(2,3)4;1-7(2,3)10-6(9)8(4)5;2*2-1-3/h12H,5-11H2,1-4H3;6-9H2,1-5H3;1-5H3;;. The number of ether oxygens (including phenoxy) is 3.